The first-order valence-electron chi connectivity index (χ1n) is 8.42. The molecule has 4 nitrogen and oxygen atoms in total. The third-order valence-corrected chi connectivity index (χ3v) is 4.48. The van der Waals surface area contributed by atoms with Gasteiger partial charge in [-0.05, 0) is 22.9 Å². The minimum atomic E-state index is -0.669. The van der Waals surface area contributed by atoms with Crippen molar-refractivity contribution >= 4 is 28.1 Å². The summed E-state index contributed by atoms with van der Waals surface area (Å²) in [5.41, 5.74) is 2.03. The summed E-state index contributed by atoms with van der Waals surface area (Å²) >= 11 is 0. The molecule has 0 unspecified atom stereocenters. The van der Waals surface area contributed by atoms with Crippen molar-refractivity contribution in [3.63, 3.8) is 0 Å². The van der Waals surface area contributed by atoms with Crippen LogP contribution < -0.4 is 4.74 Å². The lowest BCUT2D eigenvalue weighted by atomic mass is 9.91. The molecule has 3 aromatic rings. The summed E-state index contributed by atoms with van der Waals surface area (Å²) in [7, 11) is 1.27. The highest BCUT2D eigenvalue weighted by atomic mass is 16.5. The first-order chi connectivity index (χ1) is 13.2. The number of esters is 1. The average Bonchev–Trinajstić information content (AvgIpc) is 2.74. The number of fused-ring (bicyclic) bond motifs is 3. The Labute approximate surface area is 156 Å². The quantitative estimate of drug-likeness (QED) is 0.380. The van der Waals surface area contributed by atoms with Gasteiger partial charge in [0.2, 0.25) is 0 Å². The van der Waals surface area contributed by atoms with Crippen LogP contribution in [-0.4, -0.2) is 13.1 Å². The molecule has 0 saturated heterocycles. The average molecular weight is 353 g/mol. The lowest BCUT2D eigenvalue weighted by Gasteiger charge is -2.22. The van der Waals surface area contributed by atoms with Gasteiger partial charge in [-0.15, -0.1) is 0 Å². The second-order valence-electron chi connectivity index (χ2n) is 6.03. The molecule has 4 heteroatoms. The monoisotopic (exact) mass is 353 g/mol. The Morgan fingerprint density at radius 3 is 2.48 bits per heavy atom. The molecular formula is C23H15NO3. The van der Waals surface area contributed by atoms with Crippen molar-refractivity contribution in [2.45, 2.75) is 0 Å². The Morgan fingerprint density at radius 1 is 1.00 bits per heavy atom. The number of nitriles is 1. The highest BCUT2D eigenvalue weighted by Crippen LogP contribution is 2.42. The summed E-state index contributed by atoms with van der Waals surface area (Å²) in [5, 5.41) is 11.6. The van der Waals surface area contributed by atoms with Gasteiger partial charge >= 0.3 is 5.97 Å². The van der Waals surface area contributed by atoms with Crippen LogP contribution >= 0.6 is 0 Å². The van der Waals surface area contributed by atoms with Gasteiger partial charge in [0, 0.05) is 16.7 Å². The predicted molar refractivity (Wildman–Crippen MR) is 104 cm³/mol. The van der Waals surface area contributed by atoms with Crippen LogP contribution in [0.4, 0.5) is 0 Å². The number of nitrogens with zero attached hydrogens (tertiary/aromatic N) is 1. The van der Waals surface area contributed by atoms with Gasteiger partial charge < -0.3 is 9.47 Å². The molecule has 1 heterocycles. The molecule has 1 aliphatic heterocycles. The number of methoxy groups -OCH3 is 1. The van der Waals surface area contributed by atoms with Crippen molar-refractivity contribution in [1.82, 2.24) is 0 Å². The third-order valence-electron chi connectivity index (χ3n) is 4.48. The van der Waals surface area contributed by atoms with Crippen molar-refractivity contribution in [3.8, 4) is 11.8 Å². The fraction of sp³-hybridized carbons (Fsp3) is 0.0435. The highest BCUT2D eigenvalue weighted by Gasteiger charge is 2.26. The largest absolute Gasteiger partial charge is 0.465 e. The van der Waals surface area contributed by atoms with Crippen LogP contribution in [0.2, 0.25) is 0 Å². The maximum Gasteiger partial charge on any atom is 0.349 e. The zero-order valence-electron chi connectivity index (χ0n) is 14.6. The Bertz CT molecular complexity index is 1150. The van der Waals surface area contributed by atoms with Gasteiger partial charge in [0.1, 0.15) is 23.2 Å². The van der Waals surface area contributed by atoms with E-state index < -0.39 is 5.97 Å². The van der Waals surface area contributed by atoms with Crippen LogP contribution in [0, 0.1) is 11.3 Å². The molecule has 0 fully saturated rings. The summed E-state index contributed by atoms with van der Waals surface area (Å²) < 4.78 is 11.0. The van der Waals surface area contributed by atoms with E-state index in [2.05, 4.69) is 0 Å². The summed E-state index contributed by atoms with van der Waals surface area (Å²) in [4.78, 5) is 12.3. The fourth-order valence-electron chi connectivity index (χ4n) is 3.23. The van der Waals surface area contributed by atoms with E-state index in [1.54, 1.807) is 6.08 Å². The Hall–Kier alpha value is -3.84. The smallest absolute Gasteiger partial charge is 0.349 e. The number of allylic oxidation sites excluding steroid dienone is 2. The van der Waals surface area contributed by atoms with E-state index in [9.17, 15) is 10.1 Å². The first-order valence-corrected chi connectivity index (χ1v) is 8.42. The van der Waals surface area contributed by atoms with Gasteiger partial charge in [0.25, 0.3) is 0 Å². The second-order valence-corrected chi connectivity index (χ2v) is 6.03. The Kier molecular flexibility index (Phi) is 4.19. The molecule has 0 bridgehead atoms. The summed E-state index contributed by atoms with van der Waals surface area (Å²) in [6.07, 6.45) is 1.74. The maximum atomic E-state index is 12.3. The van der Waals surface area contributed by atoms with Crippen LogP contribution in [-0.2, 0) is 9.53 Å². The standard InChI is InChI=1S/C23H15NO3/c1-26-23(25)19(14-24)18-13-21(16-8-3-2-4-9-16)27-20-12-11-15-7-5-6-10-17(15)22(18)20/h2-13H,1H3/b19-18+. The second kappa shape index (κ2) is 6.81. The minimum absolute atomic E-state index is 0.0492. The van der Waals surface area contributed by atoms with Crippen molar-refractivity contribution in [2.24, 2.45) is 0 Å². The number of carbonyl (C=O) groups is 1. The first kappa shape index (κ1) is 16.6. The zero-order valence-corrected chi connectivity index (χ0v) is 14.6. The molecular weight excluding hydrogens is 338 g/mol. The van der Waals surface area contributed by atoms with Crippen LogP contribution in [0.1, 0.15) is 11.1 Å². The van der Waals surface area contributed by atoms with Gasteiger partial charge in [0.15, 0.2) is 0 Å². The van der Waals surface area contributed by atoms with Gasteiger partial charge in [-0.1, -0.05) is 60.7 Å². The van der Waals surface area contributed by atoms with Gasteiger partial charge in [0.05, 0.1) is 7.11 Å². The minimum Gasteiger partial charge on any atom is -0.465 e. The van der Waals surface area contributed by atoms with E-state index in [0.29, 0.717) is 17.1 Å². The van der Waals surface area contributed by atoms with E-state index in [4.69, 9.17) is 9.47 Å². The Balaban J connectivity index is 2.05. The van der Waals surface area contributed by atoms with Crippen LogP contribution in [0.5, 0.6) is 5.75 Å². The number of rotatable bonds is 2. The van der Waals surface area contributed by atoms with Crippen LogP contribution in [0.25, 0.3) is 22.1 Å². The van der Waals surface area contributed by atoms with Gasteiger partial charge in [-0.25, -0.2) is 4.79 Å². The zero-order chi connectivity index (χ0) is 18.8. The van der Waals surface area contributed by atoms with Crippen molar-refractivity contribution in [3.05, 3.63) is 89.5 Å². The molecule has 0 spiro atoms. The number of hydrogen-bond donors (Lipinski definition) is 0. The summed E-state index contributed by atoms with van der Waals surface area (Å²) in [6, 6.07) is 23.2. The molecule has 4 rings (SSSR count). The van der Waals surface area contributed by atoms with Crippen molar-refractivity contribution in [1.29, 1.82) is 5.26 Å². The molecule has 0 saturated carbocycles. The van der Waals surface area contributed by atoms with E-state index in [0.717, 1.165) is 21.9 Å². The fourth-order valence-corrected chi connectivity index (χ4v) is 3.23. The van der Waals surface area contributed by atoms with Crippen LogP contribution in [0.3, 0.4) is 0 Å². The van der Waals surface area contributed by atoms with Gasteiger partial charge in [-0.2, -0.15) is 5.26 Å². The lowest BCUT2D eigenvalue weighted by molar-refractivity contribution is -0.135. The molecule has 0 atom stereocenters. The van der Waals surface area contributed by atoms with Crippen molar-refractivity contribution in [2.75, 3.05) is 7.11 Å². The van der Waals surface area contributed by atoms with Crippen LogP contribution in [0.15, 0.2) is 78.4 Å². The third kappa shape index (κ3) is 2.86. The maximum absolute atomic E-state index is 12.3. The number of carbonyl (C=O) groups excluding carboxylic acids is 1. The number of hydrogen-bond acceptors (Lipinski definition) is 4. The predicted octanol–water partition coefficient (Wildman–Crippen LogP) is 4.72. The SMILES string of the molecule is COC(=O)/C(C#N)=C1\C=C(c2ccccc2)Oc2ccc3ccccc3c21. The molecule has 1 aliphatic rings. The molecule has 130 valence electrons. The number of benzene rings is 3. The van der Waals surface area contributed by atoms with E-state index in [-0.39, 0.29) is 5.57 Å². The molecule has 0 amide bonds. The summed E-state index contributed by atoms with van der Waals surface area (Å²) in [6.45, 7) is 0. The summed E-state index contributed by atoms with van der Waals surface area (Å²) in [5.74, 6) is 0.503. The van der Waals surface area contributed by atoms with E-state index >= 15 is 0 Å². The molecule has 0 N–H and O–H groups in total. The lowest BCUT2D eigenvalue weighted by Crippen LogP contribution is -2.10. The van der Waals surface area contributed by atoms with Crippen molar-refractivity contribution < 1.29 is 14.3 Å². The normalized spacial score (nSPS) is 14.4. The topological polar surface area (TPSA) is 59.3 Å². The molecule has 0 radical (unpaired) electrons. The molecule has 27 heavy (non-hydrogen) atoms. The van der Waals surface area contributed by atoms with E-state index in [1.165, 1.54) is 7.11 Å². The molecule has 3 aromatic carbocycles. The molecule has 0 aliphatic carbocycles. The van der Waals surface area contributed by atoms with E-state index in [1.807, 2.05) is 72.8 Å². The van der Waals surface area contributed by atoms with Gasteiger partial charge in [-0.3, -0.25) is 0 Å². The highest BCUT2D eigenvalue weighted by molar-refractivity contribution is 6.11. The molecule has 0 aromatic heterocycles. The number of ether oxygens (including phenoxy) is 2. The Morgan fingerprint density at radius 2 is 1.74 bits per heavy atom.